The maximum absolute atomic E-state index is 3.67. The van der Waals surface area contributed by atoms with Gasteiger partial charge in [0.1, 0.15) is 0 Å². The van der Waals surface area contributed by atoms with Gasteiger partial charge in [0, 0.05) is 25.7 Å². The highest BCUT2D eigenvalue weighted by molar-refractivity contribution is 4.87. The van der Waals surface area contributed by atoms with Crippen molar-refractivity contribution in [1.82, 2.24) is 10.6 Å². The largest absolute Gasteiger partial charge is 0.315 e. The van der Waals surface area contributed by atoms with Crippen LogP contribution in [0.1, 0.15) is 59.8 Å². The lowest BCUT2D eigenvalue weighted by Gasteiger charge is -2.31. The molecule has 1 aliphatic rings. The molecule has 1 fully saturated rings. The van der Waals surface area contributed by atoms with Crippen molar-refractivity contribution in [3.05, 3.63) is 0 Å². The molecule has 1 aliphatic carbocycles. The van der Waals surface area contributed by atoms with E-state index in [-0.39, 0.29) is 0 Å². The molecule has 0 aromatic heterocycles. The smallest absolute Gasteiger partial charge is 0.00790 e. The Hall–Kier alpha value is -0.0800. The van der Waals surface area contributed by atoms with Crippen LogP contribution in [0, 0.1) is 11.3 Å². The molecule has 0 radical (unpaired) electrons. The van der Waals surface area contributed by atoms with Gasteiger partial charge in [0.2, 0.25) is 0 Å². The van der Waals surface area contributed by atoms with Crippen molar-refractivity contribution < 1.29 is 0 Å². The first-order valence-corrected chi connectivity index (χ1v) is 7.48. The third-order valence-corrected chi connectivity index (χ3v) is 3.86. The van der Waals surface area contributed by atoms with E-state index in [1.165, 1.54) is 38.6 Å². The van der Waals surface area contributed by atoms with Crippen LogP contribution >= 0.6 is 0 Å². The van der Waals surface area contributed by atoms with Crippen LogP contribution in [0.2, 0.25) is 0 Å². The molecule has 2 nitrogen and oxygen atoms in total. The fourth-order valence-electron chi connectivity index (χ4n) is 3.25. The van der Waals surface area contributed by atoms with Crippen LogP contribution in [0.15, 0.2) is 0 Å². The number of rotatable bonds is 8. The van der Waals surface area contributed by atoms with Gasteiger partial charge in [0.15, 0.2) is 0 Å². The van der Waals surface area contributed by atoms with Gasteiger partial charge in [-0.1, -0.05) is 40.5 Å². The van der Waals surface area contributed by atoms with E-state index in [2.05, 4.69) is 38.3 Å². The molecule has 0 saturated heterocycles. The quantitative estimate of drug-likeness (QED) is 0.637. The number of nitrogens with one attached hydrogen (secondary N) is 2. The van der Waals surface area contributed by atoms with E-state index in [4.69, 9.17) is 0 Å². The molecule has 1 rings (SSSR count). The number of hydrogen-bond donors (Lipinski definition) is 2. The second-order valence-corrected chi connectivity index (χ2v) is 6.59. The normalized spacial score (nSPS) is 19.4. The maximum atomic E-state index is 3.67. The minimum Gasteiger partial charge on any atom is -0.315 e. The van der Waals surface area contributed by atoms with Gasteiger partial charge in [-0.15, -0.1) is 0 Å². The lowest BCUT2D eigenvalue weighted by Crippen LogP contribution is -2.38. The molecular formula is C15H32N2. The monoisotopic (exact) mass is 240 g/mol. The highest BCUT2D eigenvalue weighted by Crippen LogP contribution is 2.42. The summed E-state index contributed by atoms with van der Waals surface area (Å²) >= 11 is 0. The van der Waals surface area contributed by atoms with E-state index in [1.807, 2.05) is 0 Å². The van der Waals surface area contributed by atoms with Gasteiger partial charge < -0.3 is 10.6 Å². The molecule has 0 aromatic rings. The summed E-state index contributed by atoms with van der Waals surface area (Å²) in [6.07, 6.45) is 7.17. The number of hydrogen-bond acceptors (Lipinski definition) is 2. The van der Waals surface area contributed by atoms with Crippen LogP contribution in [-0.2, 0) is 0 Å². The second kappa shape index (κ2) is 7.38. The van der Waals surface area contributed by atoms with Crippen LogP contribution in [0.4, 0.5) is 0 Å². The van der Waals surface area contributed by atoms with Crippen molar-refractivity contribution >= 4 is 0 Å². The van der Waals surface area contributed by atoms with E-state index >= 15 is 0 Å². The first kappa shape index (κ1) is 15.0. The molecule has 2 N–H and O–H groups in total. The molecule has 0 spiro atoms. The Balaban J connectivity index is 2.21. The Morgan fingerprint density at radius 1 is 1.00 bits per heavy atom. The molecule has 102 valence electrons. The average molecular weight is 240 g/mol. The fraction of sp³-hybridized carbons (Fsp3) is 1.00. The summed E-state index contributed by atoms with van der Waals surface area (Å²) in [5.74, 6) is 0.837. The standard InChI is InChI=1S/C15H32N2/c1-13(2)11-15(7-5-6-8-15)12-16-9-10-17-14(3)4/h13-14,16-17H,5-12H2,1-4H3. The molecule has 0 heterocycles. The molecule has 0 bridgehead atoms. The van der Waals surface area contributed by atoms with E-state index in [9.17, 15) is 0 Å². The van der Waals surface area contributed by atoms with Crippen LogP contribution < -0.4 is 10.6 Å². The van der Waals surface area contributed by atoms with Crippen LogP contribution in [0.25, 0.3) is 0 Å². The topological polar surface area (TPSA) is 24.1 Å². The zero-order valence-corrected chi connectivity index (χ0v) is 12.3. The SMILES string of the molecule is CC(C)CC1(CNCCNC(C)C)CCCC1. The predicted octanol–water partition coefficient (Wildman–Crippen LogP) is 3.18. The lowest BCUT2D eigenvalue weighted by atomic mass is 9.78. The predicted molar refractivity (Wildman–Crippen MR) is 76.4 cm³/mol. The van der Waals surface area contributed by atoms with Gasteiger partial charge >= 0.3 is 0 Å². The fourth-order valence-corrected chi connectivity index (χ4v) is 3.25. The second-order valence-electron chi connectivity index (χ2n) is 6.59. The van der Waals surface area contributed by atoms with Gasteiger partial charge in [0.05, 0.1) is 0 Å². The Kier molecular flexibility index (Phi) is 6.50. The van der Waals surface area contributed by atoms with E-state index < -0.39 is 0 Å². The first-order valence-electron chi connectivity index (χ1n) is 7.48. The summed E-state index contributed by atoms with van der Waals surface area (Å²) < 4.78 is 0. The van der Waals surface area contributed by atoms with Crippen molar-refractivity contribution in [3.8, 4) is 0 Å². The zero-order chi connectivity index (χ0) is 12.7. The van der Waals surface area contributed by atoms with Gasteiger partial charge in [-0.2, -0.15) is 0 Å². The summed E-state index contributed by atoms with van der Waals surface area (Å²) in [4.78, 5) is 0. The van der Waals surface area contributed by atoms with Gasteiger partial charge in [-0.05, 0) is 30.6 Å². The lowest BCUT2D eigenvalue weighted by molar-refractivity contribution is 0.224. The molecule has 0 amide bonds. The summed E-state index contributed by atoms with van der Waals surface area (Å²) in [7, 11) is 0. The Morgan fingerprint density at radius 3 is 2.18 bits per heavy atom. The highest BCUT2D eigenvalue weighted by atomic mass is 15.0. The Morgan fingerprint density at radius 2 is 1.65 bits per heavy atom. The molecule has 0 atom stereocenters. The summed E-state index contributed by atoms with van der Waals surface area (Å²) in [6.45, 7) is 12.6. The molecule has 2 heteroatoms. The molecule has 0 unspecified atom stereocenters. The summed E-state index contributed by atoms with van der Waals surface area (Å²) in [5, 5.41) is 7.13. The molecule has 0 aromatic carbocycles. The van der Waals surface area contributed by atoms with Gasteiger partial charge in [-0.3, -0.25) is 0 Å². The van der Waals surface area contributed by atoms with E-state index in [0.29, 0.717) is 11.5 Å². The molecule has 17 heavy (non-hydrogen) atoms. The highest BCUT2D eigenvalue weighted by Gasteiger charge is 2.33. The average Bonchev–Trinajstić information content (AvgIpc) is 2.64. The van der Waals surface area contributed by atoms with Crippen molar-refractivity contribution in [2.24, 2.45) is 11.3 Å². The molecular weight excluding hydrogens is 208 g/mol. The van der Waals surface area contributed by atoms with Gasteiger partial charge in [0.25, 0.3) is 0 Å². The van der Waals surface area contributed by atoms with Crippen LogP contribution in [-0.4, -0.2) is 25.7 Å². The third-order valence-electron chi connectivity index (χ3n) is 3.86. The van der Waals surface area contributed by atoms with Crippen molar-refractivity contribution in [1.29, 1.82) is 0 Å². The van der Waals surface area contributed by atoms with Crippen molar-refractivity contribution in [2.75, 3.05) is 19.6 Å². The maximum Gasteiger partial charge on any atom is 0.00790 e. The minimum absolute atomic E-state index is 0.605. The Bertz CT molecular complexity index is 193. The van der Waals surface area contributed by atoms with Crippen molar-refractivity contribution in [2.45, 2.75) is 65.8 Å². The van der Waals surface area contributed by atoms with Crippen LogP contribution in [0.3, 0.4) is 0 Å². The molecule has 0 aliphatic heterocycles. The van der Waals surface area contributed by atoms with Crippen LogP contribution in [0.5, 0.6) is 0 Å². The Labute approximate surface area is 108 Å². The summed E-state index contributed by atoms with van der Waals surface area (Å²) in [5.41, 5.74) is 0.617. The molecule has 1 saturated carbocycles. The van der Waals surface area contributed by atoms with E-state index in [1.54, 1.807) is 0 Å². The summed E-state index contributed by atoms with van der Waals surface area (Å²) in [6, 6.07) is 0.605. The third kappa shape index (κ3) is 5.87. The van der Waals surface area contributed by atoms with Gasteiger partial charge in [-0.25, -0.2) is 0 Å². The first-order chi connectivity index (χ1) is 8.04. The van der Waals surface area contributed by atoms with E-state index in [0.717, 1.165) is 19.0 Å². The zero-order valence-electron chi connectivity index (χ0n) is 12.3. The minimum atomic E-state index is 0.605. The van der Waals surface area contributed by atoms with Crippen molar-refractivity contribution in [3.63, 3.8) is 0 Å².